The number of carbonyl (C=O) groups excluding carboxylic acids is 3. The maximum atomic E-state index is 12.2. The van der Waals surface area contributed by atoms with Gasteiger partial charge in [0.15, 0.2) is 18.3 Å². The van der Waals surface area contributed by atoms with Crippen LogP contribution in [0.25, 0.3) is 0 Å². The third kappa shape index (κ3) is 2.87. The Hall–Kier alpha value is -1.85. The fraction of sp³-hybridized carbons (Fsp3) is 0.571. The molecule has 1 amide bonds. The van der Waals surface area contributed by atoms with E-state index in [1.54, 1.807) is 22.7 Å². The second kappa shape index (κ2) is 6.10. The molecule has 0 aromatic rings. The molecule has 2 heterocycles. The van der Waals surface area contributed by atoms with Gasteiger partial charge in [0.25, 0.3) is 0 Å². The molecule has 2 rings (SSSR count). The minimum Gasteiger partial charge on any atom is -0.456 e. The van der Waals surface area contributed by atoms with Gasteiger partial charge in [-0.25, -0.2) is 4.79 Å². The summed E-state index contributed by atoms with van der Waals surface area (Å²) in [6.45, 7) is 4.88. The minimum atomic E-state index is -1.08. The molecule has 0 radical (unpaired) electrons. The average Bonchev–Trinajstić information content (AvgIpc) is 2.94. The molecule has 0 bridgehead atoms. The number of hydrogen-bond donors (Lipinski definition) is 1. The number of fused-ring (bicyclic) bond motifs is 1. The van der Waals surface area contributed by atoms with Crippen LogP contribution in [-0.2, 0) is 19.1 Å². The van der Waals surface area contributed by atoms with Gasteiger partial charge in [0, 0.05) is 12.2 Å². The molecular weight excluding hydrogens is 306 g/mol. The molecule has 0 aromatic carbocycles. The first-order chi connectivity index (χ1) is 10.3. The Labute approximate surface area is 132 Å². The molecule has 3 atom stereocenters. The van der Waals surface area contributed by atoms with Crippen molar-refractivity contribution in [1.82, 2.24) is 4.90 Å². The molecule has 2 fully saturated rings. The molecule has 8 heteroatoms. The lowest BCUT2D eigenvalue weighted by Crippen LogP contribution is -2.52. The number of rotatable bonds is 5. The Morgan fingerprint density at radius 2 is 2.36 bits per heavy atom. The third-order valence-corrected chi connectivity index (χ3v) is 5.44. The molecule has 0 saturated carbocycles. The van der Waals surface area contributed by atoms with Crippen molar-refractivity contribution in [3.05, 3.63) is 12.3 Å². The molecule has 118 valence electrons. The zero-order chi connectivity index (χ0) is 16.5. The second-order valence-electron chi connectivity index (χ2n) is 5.56. The highest BCUT2D eigenvalue weighted by molar-refractivity contribution is 8.01. The van der Waals surface area contributed by atoms with Crippen molar-refractivity contribution >= 4 is 29.4 Å². The standard InChI is InChI=1S/C14H17N3O4S/c1-8(16)9(5-15)11(18)6-21-13(20)10-7-22-14(2)4-3-12(19)17(10)14/h9-10H,1,3-4,6-7,16H2,2H3/p+1/t9-,10-,14-/m0/s1. The number of ketones is 1. The number of amides is 1. The Balaban J connectivity index is 1.96. The number of quaternary nitrogens is 1. The summed E-state index contributed by atoms with van der Waals surface area (Å²) in [5, 5.41) is 8.87. The minimum absolute atomic E-state index is 0.0678. The van der Waals surface area contributed by atoms with Crippen LogP contribution in [0.3, 0.4) is 0 Å². The van der Waals surface area contributed by atoms with Gasteiger partial charge >= 0.3 is 5.97 Å². The molecule has 0 aliphatic carbocycles. The lowest BCUT2D eigenvalue weighted by Gasteiger charge is -2.29. The van der Waals surface area contributed by atoms with Crippen LogP contribution in [0.4, 0.5) is 0 Å². The van der Waals surface area contributed by atoms with E-state index in [2.05, 4.69) is 12.3 Å². The van der Waals surface area contributed by atoms with Gasteiger partial charge in [0.2, 0.25) is 5.91 Å². The van der Waals surface area contributed by atoms with E-state index in [1.165, 1.54) is 0 Å². The summed E-state index contributed by atoms with van der Waals surface area (Å²) < 4.78 is 5.01. The number of ether oxygens (including phenoxy) is 1. The molecule has 2 saturated heterocycles. The number of carbonyl (C=O) groups is 3. The predicted octanol–water partition coefficient (Wildman–Crippen LogP) is -0.552. The Morgan fingerprint density at radius 1 is 1.68 bits per heavy atom. The van der Waals surface area contributed by atoms with Gasteiger partial charge in [-0.05, 0) is 19.9 Å². The lowest BCUT2D eigenvalue weighted by atomic mass is 10.0. The molecule has 0 spiro atoms. The van der Waals surface area contributed by atoms with Crippen molar-refractivity contribution in [1.29, 1.82) is 5.26 Å². The summed E-state index contributed by atoms with van der Waals surface area (Å²) in [7, 11) is 0. The van der Waals surface area contributed by atoms with Gasteiger partial charge < -0.3 is 15.4 Å². The van der Waals surface area contributed by atoms with Crippen molar-refractivity contribution in [2.24, 2.45) is 5.92 Å². The first-order valence-electron chi connectivity index (χ1n) is 6.86. The second-order valence-corrected chi connectivity index (χ2v) is 7.06. The molecule has 2 aliphatic rings. The van der Waals surface area contributed by atoms with E-state index in [0.29, 0.717) is 18.6 Å². The van der Waals surface area contributed by atoms with Crippen molar-refractivity contribution in [3.8, 4) is 6.07 Å². The summed E-state index contributed by atoms with van der Waals surface area (Å²) in [6, 6.07) is 1.11. The average molecular weight is 324 g/mol. The van der Waals surface area contributed by atoms with E-state index in [0.717, 1.165) is 0 Å². The lowest BCUT2D eigenvalue weighted by molar-refractivity contribution is -0.309. The number of allylic oxidation sites excluding steroid dienone is 1. The van der Waals surface area contributed by atoms with Gasteiger partial charge in [-0.2, -0.15) is 5.26 Å². The number of esters is 1. The topological polar surface area (TPSA) is 115 Å². The van der Waals surface area contributed by atoms with Crippen LogP contribution < -0.4 is 5.73 Å². The van der Waals surface area contributed by atoms with Gasteiger partial charge in [-0.1, -0.05) is 0 Å². The first-order valence-corrected chi connectivity index (χ1v) is 7.84. The van der Waals surface area contributed by atoms with Crippen LogP contribution in [0.1, 0.15) is 19.8 Å². The number of nitrogens with zero attached hydrogens (tertiary/aromatic N) is 2. The number of nitriles is 1. The number of thioether (sulfide) groups is 1. The van der Waals surface area contributed by atoms with Gasteiger partial charge in [0.1, 0.15) is 11.7 Å². The van der Waals surface area contributed by atoms with Crippen molar-refractivity contribution in [3.63, 3.8) is 0 Å². The van der Waals surface area contributed by atoms with Gasteiger partial charge in [0.05, 0.1) is 10.9 Å². The zero-order valence-electron chi connectivity index (χ0n) is 12.3. The highest BCUT2D eigenvalue weighted by atomic mass is 32.2. The summed E-state index contributed by atoms with van der Waals surface area (Å²) in [6.07, 6.45) is 1.13. The van der Waals surface area contributed by atoms with Gasteiger partial charge in [-0.3, -0.25) is 9.59 Å². The molecular formula is C14H18N3O4S+. The van der Waals surface area contributed by atoms with Gasteiger partial charge in [-0.15, -0.1) is 11.8 Å². The van der Waals surface area contributed by atoms with Crippen molar-refractivity contribution < 1.29 is 24.9 Å². The van der Waals surface area contributed by atoms with Crippen LogP contribution in [0.5, 0.6) is 0 Å². The summed E-state index contributed by atoms with van der Waals surface area (Å²) >= 11 is 1.55. The van der Waals surface area contributed by atoms with E-state index < -0.39 is 30.3 Å². The normalized spacial score (nSPS) is 28.0. The predicted molar refractivity (Wildman–Crippen MR) is 77.8 cm³/mol. The van der Waals surface area contributed by atoms with E-state index in [4.69, 9.17) is 10.00 Å². The van der Waals surface area contributed by atoms with Crippen LogP contribution in [-0.4, -0.2) is 45.8 Å². The Bertz CT molecular complexity index is 585. The summed E-state index contributed by atoms with van der Waals surface area (Å²) in [4.78, 5) is 37.1. The van der Waals surface area contributed by atoms with Crippen molar-refractivity contribution in [2.75, 3.05) is 12.4 Å². The fourth-order valence-electron chi connectivity index (χ4n) is 2.71. The largest absolute Gasteiger partial charge is 0.456 e. The Kier molecular flexibility index (Phi) is 4.58. The molecule has 7 nitrogen and oxygen atoms in total. The molecule has 0 aromatic heterocycles. The molecule has 0 unspecified atom stereocenters. The van der Waals surface area contributed by atoms with Crippen LogP contribution in [0, 0.1) is 17.2 Å². The zero-order valence-corrected chi connectivity index (χ0v) is 13.1. The summed E-state index contributed by atoms with van der Waals surface area (Å²) in [5.41, 5.74) is 3.63. The smallest absolute Gasteiger partial charge is 0.330 e. The number of Topliss-reactive ketones (excluding diaryl/α,β-unsaturated/α-hetero) is 1. The highest BCUT2D eigenvalue weighted by Crippen LogP contribution is 2.47. The molecule has 22 heavy (non-hydrogen) atoms. The van der Waals surface area contributed by atoms with Crippen LogP contribution in [0.15, 0.2) is 12.3 Å². The van der Waals surface area contributed by atoms with E-state index in [9.17, 15) is 14.4 Å². The van der Waals surface area contributed by atoms with Crippen LogP contribution >= 0.6 is 11.8 Å². The fourth-order valence-corrected chi connectivity index (χ4v) is 4.12. The number of hydrogen-bond acceptors (Lipinski definition) is 6. The van der Waals surface area contributed by atoms with Crippen LogP contribution in [0.2, 0.25) is 0 Å². The monoisotopic (exact) mass is 324 g/mol. The molecule has 2 aliphatic heterocycles. The quantitative estimate of drug-likeness (QED) is 0.678. The third-order valence-electron chi connectivity index (χ3n) is 3.93. The first kappa shape index (κ1) is 16.5. The maximum Gasteiger partial charge on any atom is 0.330 e. The van der Waals surface area contributed by atoms with E-state index in [-0.39, 0.29) is 16.5 Å². The maximum absolute atomic E-state index is 12.2. The molecule has 3 N–H and O–H groups in total. The van der Waals surface area contributed by atoms with Crippen molar-refractivity contribution in [2.45, 2.75) is 30.7 Å². The highest BCUT2D eigenvalue weighted by Gasteiger charge is 2.53. The SMILES string of the molecule is C=C([NH3+])[C@H](C#N)C(=O)COC(=O)[C@@H]1CS[C@@]2(C)CCC(=O)N12. The summed E-state index contributed by atoms with van der Waals surface area (Å²) in [5.74, 6) is -1.85. The van der Waals surface area contributed by atoms with E-state index in [1.807, 2.05) is 6.92 Å². The Morgan fingerprint density at radius 3 is 2.95 bits per heavy atom. The van der Waals surface area contributed by atoms with E-state index >= 15 is 0 Å².